The maximum Gasteiger partial charge on any atom is 0.258 e. The van der Waals surface area contributed by atoms with Crippen molar-refractivity contribution in [3.63, 3.8) is 0 Å². The van der Waals surface area contributed by atoms with Crippen LogP contribution < -0.4 is 5.56 Å². The summed E-state index contributed by atoms with van der Waals surface area (Å²) >= 11 is 0. The Hall–Kier alpha value is -2.15. The molecular formula is C17H18N2O4S. The molecule has 0 radical (unpaired) electrons. The van der Waals surface area contributed by atoms with Crippen LogP contribution in [0.15, 0.2) is 35.3 Å². The standard InChI is InChI=1S/C17H18N2O4S/c1-18-8-15(13-4-2-3-5-14(13)16(18)20)17(21)19-6-11-9-24(22,23)10-12(11)7-19/h2-5,8,11-12H,6-7,9-10H2,1H3/t11-,12+. The summed E-state index contributed by atoms with van der Waals surface area (Å²) in [7, 11) is -1.31. The molecule has 24 heavy (non-hydrogen) atoms. The van der Waals surface area contributed by atoms with Crippen molar-refractivity contribution in [3.8, 4) is 0 Å². The second-order valence-electron chi connectivity index (χ2n) is 6.81. The molecule has 0 bridgehead atoms. The Balaban J connectivity index is 1.71. The summed E-state index contributed by atoms with van der Waals surface area (Å²) in [5, 5.41) is 1.17. The minimum Gasteiger partial charge on any atom is -0.338 e. The lowest BCUT2D eigenvalue weighted by Gasteiger charge is -2.19. The SMILES string of the molecule is Cn1cc(C(=O)N2C[C@@H]3CS(=O)(=O)C[C@@H]3C2)c2ccccc2c1=O. The number of carbonyl (C=O) groups is 1. The summed E-state index contributed by atoms with van der Waals surface area (Å²) in [6.07, 6.45) is 1.58. The van der Waals surface area contributed by atoms with Crippen LogP contribution in [0.3, 0.4) is 0 Å². The topological polar surface area (TPSA) is 76.5 Å². The van der Waals surface area contributed by atoms with Gasteiger partial charge in [0, 0.05) is 37.1 Å². The fourth-order valence-electron chi connectivity index (χ4n) is 3.96. The van der Waals surface area contributed by atoms with Gasteiger partial charge < -0.3 is 9.47 Å². The predicted octanol–water partition coefficient (Wildman–Crippen LogP) is 0.655. The van der Waals surface area contributed by atoms with E-state index in [-0.39, 0.29) is 34.8 Å². The van der Waals surface area contributed by atoms with Gasteiger partial charge in [-0.05, 0) is 17.9 Å². The number of pyridine rings is 1. The van der Waals surface area contributed by atoms with E-state index in [9.17, 15) is 18.0 Å². The van der Waals surface area contributed by atoms with Crippen LogP contribution in [0.5, 0.6) is 0 Å². The summed E-state index contributed by atoms with van der Waals surface area (Å²) in [5.74, 6) is 0.300. The van der Waals surface area contributed by atoms with Crippen molar-refractivity contribution in [2.75, 3.05) is 24.6 Å². The fraction of sp³-hybridized carbons (Fsp3) is 0.412. The first-order chi connectivity index (χ1) is 11.4. The number of hydrogen-bond donors (Lipinski definition) is 0. The number of amides is 1. The smallest absolute Gasteiger partial charge is 0.258 e. The van der Waals surface area contributed by atoms with E-state index in [2.05, 4.69) is 0 Å². The van der Waals surface area contributed by atoms with Crippen molar-refractivity contribution < 1.29 is 13.2 Å². The van der Waals surface area contributed by atoms with Crippen molar-refractivity contribution >= 4 is 26.5 Å². The van der Waals surface area contributed by atoms with E-state index < -0.39 is 9.84 Å². The molecule has 2 fully saturated rings. The Kier molecular flexibility index (Phi) is 3.32. The zero-order chi connectivity index (χ0) is 17.1. The van der Waals surface area contributed by atoms with Crippen LogP contribution in [0.2, 0.25) is 0 Å². The molecule has 6 nitrogen and oxygen atoms in total. The van der Waals surface area contributed by atoms with Gasteiger partial charge in [-0.2, -0.15) is 0 Å². The lowest BCUT2D eigenvalue weighted by molar-refractivity contribution is 0.0785. The Bertz CT molecular complexity index is 989. The first-order valence-corrected chi connectivity index (χ1v) is 9.76. The van der Waals surface area contributed by atoms with Gasteiger partial charge in [0.05, 0.1) is 17.1 Å². The van der Waals surface area contributed by atoms with Crippen LogP contribution in [0.4, 0.5) is 0 Å². The average molecular weight is 346 g/mol. The van der Waals surface area contributed by atoms with Gasteiger partial charge >= 0.3 is 0 Å². The van der Waals surface area contributed by atoms with Crippen LogP contribution >= 0.6 is 0 Å². The summed E-state index contributed by atoms with van der Waals surface area (Å²) < 4.78 is 24.8. The molecule has 2 saturated heterocycles. The largest absolute Gasteiger partial charge is 0.338 e. The number of aromatic nitrogens is 1. The maximum absolute atomic E-state index is 13.0. The van der Waals surface area contributed by atoms with Gasteiger partial charge in [-0.3, -0.25) is 9.59 Å². The van der Waals surface area contributed by atoms with E-state index in [1.807, 2.05) is 6.07 Å². The number of sulfone groups is 1. The van der Waals surface area contributed by atoms with Crippen molar-refractivity contribution in [3.05, 3.63) is 46.4 Å². The molecule has 0 N–H and O–H groups in total. The van der Waals surface area contributed by atoms with Crippen molar-refractivity contribution in [2.45, 2.75) is 0 Å². The lowest BCUT2D eigenvalue weighted by Crippen LogP contribution is -2.32. The van der Waals surface area contributed by atoms with Crippen LogP contribution in [0, 0.1) is 11.8 Å². The number of carbonyl (C=O) groups excluding carboxylic acids is 1. The van der Waals surface area contributed by atoms with Gasteiger partial charge in [-0.15, -0.1) is 0 Å². The average Bonchev–Trinajstić information content (AvgIpc) is 3.03. The molecule has 0 spiro atoms. The van der Waals surface area contributed by atoms with Crippen molar-refractivity contribution in [1.29, 1.82) is 0 Å². The second-order valence-corrected chi connectivity index (χ2v) is 8.97. The van der Waals surface area contributed by atoms with Crippen molar-refractivity contribution in [1.82, 2.24) is 9.47 Å². The molecule has 0 unspecified atom stereocenters. The quantitative estimate of drug-likeness (QED) is 0.760. The van der Waals surface area contributed by atoms with Crippen LogP contribution in [-0.2, 0) is 16.9 Å². The third-order valence-electron chi connectivity index (χ3n) is 5.12. The van der Waals surface area contributed by atoms with E-state index in [4.69, 9.17) is 0 Å². The van der Waals surface area contributed by atoms with Gasteiger partial charge in [-0.25, -0.2) is 8.42 Å². The summed E-state index contributed by atoms with van der Waals surface area (Å²) in [6, 6.07) is 7.10. The van der Waals surface area contributed by atoms with Crippen LogP contribution in [0.25, 0.3) is 10.8 Å². The first-order valence-electron chi connectivity index (χ1n) is 7.94. The molecule has 2 aliphatic rings. The normalized spacial score (nSPS) is 25.1. The number of rotatable bonds is 1. The Labute approximate surface area is 139 Å². The maximum atomic E-state index is 13.0. The number of nitrogens with zero attached hydrogens (tertiary/aromatic N) is 2. The van der Waals surface area contributed by atoms with E-state index in [0.717, 1.165) is 0 Å². The number of fused-ring (bicyclic) bond motifs is 2. The van der Waals surface area contributed by atoms with Crippen LogP contribution in [0.1, 0.15) is 10.4 Å². The molecule has 1 aromatic heterocycles. The molecule has 3 heterocycles. The minimum atomic E-state index is -2.95. The highest BCUT2D eigenvalue weighted by molar-refractivity contribution is 7.91. The molecule has 1 amide bonds. The van der Waals surface area contributed by atoms with E-state index >= 15 is 0 Å². The number of benzene rings is 1. The molecule has 0 saturated carbocycles. The number of likely N-dealkylation sites (tertiary alicyclic amines) is 1. The monoisotopic (exact) mass is 346 g/mol. The molecule has 126 valence electrons. The van der Waals surface area contributed by atoms with Crippen LogP contribution in [-0.4, -0.2) is 48.4 Å². The Morgan fingerprint density at radius 2 is 1.67 bits per heavy atom. The highest BCUT2D eigenvalue weighted by atomic mass is 32.2. The number of aryl methyl sites for hydroxylation is 1. The van der Waals surface area contributed by atoms with Gasteiger partial charge in [0.2, 0.25) is 0 Å². The van der Waals surface area contributed by atoms with E-state index in [0.29, 0.717) is 29.4 Å². The van der Waals surface area contributed by atoms with Gasteiger partial charge in [0.15, 0.2) is 9.84 Å². The summed E-state index contributed by atoms with van der Waals surface area (Å²) in [6.45, 7) is 0.944. The molecule has 2 atom stereocenters. The first kappa shape index (κ1) is 15.4. The molecular weight excluding hydrogens is 328 g/mol. The van der Waals surface area contributed by atoms with E-state index in [1.54, 1.807) is 36.3 Å². The number of hydrogen-bond acceptors (Lipinski definition) is 4. The predicted molar refractivity (Wildman–Crippen MR) is 90.7 cm³/mol. The highest BCUT2D eigenvalue weighted by Gasteiger charge is 2.45. The van der Waals surface area contributed by atoms with Gasteiger partial charge in [0.25, 0.3) is 11.5 Å². The fourth-order valence-corrected chi connectivity index (χ4v) is 6.16. The minimum absolute atomic E-state index is 0.0396. The second kappa shape index (κ2) is 5.17. The highest BCUT2D eigenvalue weighted by Crippen LogP contribution is 2.33. The Morgan fingerprint density at radius 1 is 1.08 bits per heavy atom. The third-order valence-corrected chi connectivity index (χ3v) is 6.99. The van der Waals surface area contributed by atoms with Gasteiger partial charge in [-0.1, -0.05) is 18.2 Å². The molecule has 2 aromatic rings. The Morgan fingerprint density at radius 3 is 2.29 bits per heavy atom. The lowest BCUT2D eigenvalue weighted by atomic mass is 10.0. The molecule has 0 aliphatic carbocycles. The zero-order valence-corrected chi connectivity index (χ0v) is 14.1. The molecule has 4 rings (SSSR count). The summed E-state index contributed by atoms with van der Waals surface area (Å²) in [4.78, 5) is 26.9. The van der Waals surface area contributed by atoms with Gasteiger partial charge in [0.1, 0.15) is 0 Å². The molecule has 2 aliphatic heterocycles. The zero-order valence-electron chi connectivity index (χ0n) is 13.3. The third kappa shape index (κ3) is 2.34. The molecule has 7 heteroatoms. The van der Waals surface area contributed by atoms with Crippen molar-refractivity contribution in [2.24, 2.45) is 18.9 Å². The summed E-state index contributed by atoms with van der Waals surface area (Å²) in [5.41, 5.74) is 0.363. The molecule has 1 aromatic carbocycles. The van der Waals surface area contributed by atoms with E-state index in [1.165, 1.54) is 4.57 Å².